The highest BCUT2D eigenvalue weighted by Gasteiger charge is 2.12. The zero-order chi connectivity index (χ0) is 12.3. The topological polar surface area (TPSA) is 25.2 Å². The molecule has 1 N–H and O–H groups in total. The maximum absolute atomic E-state index is 5.36. The molecule has 0 bridgehead atoms. The number of rotatable bonds is 4. The summed E-state index contributed by atoms with van der Waals surface area (Å²) in [6, 6.07) is 11.1. The first-order valence-corrected chi connectivity index (χ1v) is 5.97. The molecule has 2 heteroatoms. The van der Waals surface area contributed by atoms with Crippen LogP contribution in [0.4, 0.5) is 0 Å². The Kier molecular flexibility index (Phi) is 3.64. The molecule has 2 rings (SSSR count). The fourth-order valence-corrected chi connectivity index (χ4v) is 1.99. The summed E-state index contributed by atoms with van der Waals surface area (Å²) >= 11 is 0. The minimum atomic E-state index is 0.315. The van der Waals surface area contributed by atoms with Gasteiger partial charge in [-0.2, -0.15) is 0 Å². The molecule has 0 amide bonds. The molecule has 0 saturated carbocycles. The fourth-order valence-electron chi connectivity index (χ4n) is 1.99. The first-order chi connectivity index (χ1) is 8.19. The van der Waals surface area contributed by atoms with Crippen molar-refractivity contribution >= 4 is 0 Å². The van der Waals surface area contributed by atoms with Gasteiger partial charge in [0.25, 0.3) is 0 Å². The molecule has 0 aliphatic rings. The molecule has 1 atom stereocenters. The molecule has 1 aromatic carbocycles. The van der Waals surface area contributed by atoms with Gasteiger partial charge in [-0.3, -0.25) is 0 Å². The molecule has 0 aliphatic heterocycles. The zero-order valence-electron chi connectivity index (χ0n) is 10.7. The van der Waals surface area contributed by atoms with Crippen LogP contribution in [0.1, 0.15) is 28.5 Å². The molecule has 0 radical (unpaired) electrons. The van der Waals surface area contributed by atoms with Crippen molar-refractivity contribution in [3.05, 3.63) is 59.0 Å². The van der Waals surface area contributed by atoms with Crippen LogP contribution < -0.4 is 5.32 Å². The summed E-state index contributed by atoms with van der Waals surface area (Å²) in [5.74, 6) is 0.962. The van der Waals surface area contributed by atoms with Gasteiger partial charge in [0.05, 0.1) is 6.26 Å². The molecule has 90 valence electrons. The predicted octanol–water partition coefficient (Wildman–Crippen LogP) is 3.40. The summed E-state index contributed by atoms with van der Waals surface area (Å²) in [6.45, 7) is 4.08. The highest BCUT2D eigenvalue weighted by molar-refractivity contribution is 5.25. The normalized spacial score (nSPS) is 12.6. The van der Waals surface area contributed by atoms with Gasteiger partial charge in [-0.05, 0) is 38.9 Å². The second-order valence-electron chi connectivity index (χ2n) is 4.52. The lowest BCUT2D eigenvalue weighted by molar-refractivity contribution is 0.520. The van der Waals surface area contributed by atoms with E-state index >= 15 is 0 Å². The molecular formula is C15H19NO. The summed E-state index contributed by atoms with van der Waals surface area (Å²) in [7, 11) is 1.99. The second-order valence-corrected chi connectivity index (χ2v) is 4.52. The summed E-state index contributed by atoms with van der Waals surface area (Å²) in [5, 5.41) is 3.33. The van der Waals surface area contributed by atoms with Crippen LogP contribution in [-0.4, -0.2) is 7.05 Å². The van der Waals surface area contributed by atoms with Crippen molar-refractivity contribution in [3.8, 4) is 0 Å². The molecule has 1 aromatic heterocycles. The maximum Gasteiger partial charge on any atom is 0.101 e. The van der Waals surface area contributed by atoms with Gasteiger partial charge in [0.1, 0.15) is 5.76 Å². The minimum Gasteiger partial charge on any atom is -0.469 e. The van der Waals surface area contributed by atoms with Gasteiger partial charge in [-0.15, -0.1) is 0 Å². The van der Waals surface area contributed by atoms with Crippen molar-refractivity contribution in [1.82, 2.24) is 5.32 Å². The highest BCUT2D eigenvalue weighted by atomic mass is 16.3. The van der Waals surface area contributed by atoms with Crippen LogP contribution in [0.15, 0.2) is 41.0 Å². The number of benzene rings is 1. The third-order valence-corrected chi connectivity index (χ3v) is 3.06. The van der Waals surface area contributed by atoms with E-state index < -0.39 is 0 Å². The van der Waals surface area contributed by atoms with Crippen LogP contribution >= 0.6 is 0 Å². The van der Waals surface area contributed by atoms with Crippen molar-refractivity contribution in [1.29, 1.82) is 0 Å². The zero-order valence-corrected chi connectivity index (χ0v) is 10.7. The van der Waals surface area contributed by atoms with Crippen molar-refractivity contribution in [3.63, 3.8) is 0 Å². The molecule has 0 fully saturated rings. The first-order valence-electron chi connectivity index (χ1n) is 5.97. The van der Waals surface area contributed by atoms with E-state index in [0.29, 0.717) is 6.04 Å². The van der Waals surface area contributed by atoms with E-state index in [2.05, 4.69) is 42.6 Å². The molecule has 2 nitrogen and oxygen atoms in total. The van der Waals surface area contributed by atoms with E-state index in [0.717, 1.165) is 12.2 Å². The Hall–Kier alpha value is -1.54. The Labute approximate surface area is 103 Å². The van der Waals surface area contributed by atoms with Crippen LogP contribution in [0.2, 0.25) is 0 Å². The Balaban J connectivity index is 2.12. The highest BCUT2D eigenvalue weighted by Crippen LogP contribution is 2.20. The number of hydrogen-bond donors (Lipinski definition) is 1. The Morgan fingerprint density at radius 1 is 1.18 bits per heavy atom. The van der Waals surface area contributed by atoms with E-state index in [1.807, 2.05) is 20.2 Å². The molecule has 17 heavy (non-hydrogen) atoms. The van der Waals surface area contributed by atoms with Crippen molar-refractivity contribution in [2.45, 2.75) is 26.3 Å². The van der Waals surface area contributed by atoms with Crippen molar-refractivity contribution < 1.29 is 4.42 Å². The number of furan rings is 1. The molecule has 0 saturated heterocycles. The SMILES string of the molecule is CNC(Cc1ccc(C)cc1)c1coc(C)c1. The van der Waals surface area contributed by atoms with Crippen LogP contribution in [0.3, 0.4) is 0 Å². The summed E-state index contributed by atoms with van der Waals surface area (Å²) < 4.78 is 5.36. The lowest BCUT2D eigenvalue weighted by Crippen LogP contribution is -2.18. The second kappa shape index (κ2) is 5.19. The molecule has 2 aromatic rings. The Morgan fingerprint density at radius 3 is 2.41 bits per heavy atom. The molecule has 0 aliphatic carbocycles. The van der Waals surface area contributed by atoms with Gasteiger partial charge in [0.2, 0.25) is 0 Å². The number of aryl methyl sites for hydroxylation is 2. The monoisotopic (exact) mass is 229 g/mol. The lowest BCUT2D eigenvalue weighted by Gasteiger charge is -2.14. The third kappa shape index (κ3) is 2.98. The van der Waals surface area contributed by atoms with Crippen molar-refractivity contribution in [2.75, 3.05) is 7.05 Å². The standard InChI is InChI=1S/C15H19NO/c1-11-4-6-13(7-5-11)9-15(16-3)14-8-12(2)17-10-14/h4-8,10,15-16H,9H2,1-3H3. The maximum atomic E-state index is 5.36. The van der Waals surface area contributed by atoms with Gasteiger partial charge < -0.3 is 9.73 Å². The average molecular weight is 229 g/mol. The van der Waals surface area contributed by atoms with Gasteiger partial charge in [-0.1, -0.05) is 29.8 Å². The quantitative estimate of drug-likeness (QED) is 0.869. The number of likely N-dealkylation sites (N-methyl/N-ethyl adjacent to an activating group) is 1. The summed E-state index contributed by atoms with van der Waals surface area (Å²) in [6.07, 6.45) is 2.82. The predicted molar refractivity (Wildman–Crippen MR) is 70.1 cm³/mol. The third-order valence-electron chi connectivity index (χ3n) is 3.06. The Morgan fingerprint density at radius 2 is 1.88 bits per heavy atom. The van der Waals surface area contributed by atoms with Crippen LogP contribution in [0.5, 0.6) is 0 Å². The van der Waals surface area contributed by atoms with Crippen LogP contribution in [-0.2, 0) is 6.42 Å². The smallest absolute Gasteiger partial charge is 0.101 e. The number of nitrogens with one attached hydrogen (secondary N) is 1. The molecule has 1 heterocycles. The lowest BCUT2D eigenvalue weighted by atomic mass is 10.0. The van der Waals surface area contributed by atoms with Gasteiger partial charge in [-0.25, -0.2) is 0 Å². The largest absolute Gasteiger partial charge is 0.469 e. The summed E-state index contributed by atoms with van der Waals surface area (Å²) in [5.41, 5.74) is 3.85. The van der Waals surface area contributed by atoms with E-state index in [1.54, 1.807) is 0 Å². The number of hydrogen-bond acceptors (Lipinski definition) is 2. The fraction of sp³-hybridized carbons (Fsp3) is 0.333. The van der Waals surface area contributed by atoms with Gasteiger partial charge in [0.15, 0.2) is 0 Å². The Bertz CT molecular complexity index is 470. The van der Waals surface area contributed by atoms with Gasteiger partial charge in [0, 0.05) is 11.6 Å². The molecule has 0 spiro atoms. The van der Waals surface area contributed by atoms with E-state index in [9.17, 15) is 0 Å². The average Bonchev–Trinajstić information content (AvgIpc) is 2.75. The van der Waals surface area contributed by atoms with Crippen LogP contribution in [0.25, 0.3) is 0 Å². The first kappa shape index (κ1) is 11.9. The van der Waals surface area contributed by atoms with E-state index in [1.165, 1.54) is 16.7 Å². The summed E-state index contributed by atoms with van der Waals surface area (Å²) in [4.78, 5) is 0. The molecule has 1 unspecified atom stereocenters. The minimum absolute atomic E-state index is 0.315. The van der Waals surface area contributed by atoms with E-state index in [-0.39, 0.29) is 0 Å². The van der Waals surface area contributed by atoms with Crippen LogP contribution in [0, 0.1) is 13.8 Å². The van der Waals surface area contributed by atoms with Gasteiger partial charge >= 0.3 is 0 Å². The van der Waals surface area contributed by atoms with E-state index in [4.69, 9.17) is 4.42 Å². The van der Waals surface area contributed by atoms with Crippen molar-refractivity contribution in [2.24, 2.45) is 0 Å². The molecular weight excluding hydrogens is 210 g/mol.